The predicted octanol–water partition coefficient (Wildman–Crippen LogP) is 12.8. The van der Waals surface area contributed by atoms with Crippen LogP contribution in [0.25, 0.3) is 21.9 Å². The zero-order valence-corrected chi connectivity index (χ0v) is 35.5. The molecule has 56 heavy (non-hydrogen) atoms. The summed E-state index contributed by atoms with van der Waals surface area (Å²) < 4.78 is 13.2. The van der Waals surface area contributed by atoms with Crippen molar-refractivity contribution in [3.63, 3.8) is 0 Å². The predicted molar refractivity (Wildman–Crippen MR) is 240 cm³/mol. The topological polar surface area (TPSA) is 32.8 Å². The lowest BCUT2D eigenvalue weighted by Gasteiger charge is -2.44. The Balaban J connectivity index is 1.37. The molecule has 0 N–H and O–H groups in total. The Morgan fingerprint density at radius 1 is 0.429 bits per heavy atom. The molecule has 0 spiro atoms. The lowest BCUT2D eigenvalue weighted by atomic mass is 9.33. The number of anilines is 6. The van der Waals surface area contributed by atoms with Gasteiger partial charge in [0.2, 0.25) is 0 Å². The molecule has 284 valence electrons. The van der Waals surface area contributed by atoms with Gasteiger partial charge < -0.3 is 18.6 Å². The van der Waals surface area contributed by atoms with Gasteiger partial charge in [-0.15, -0.1) is 0 Å². The number of nitrogens with zero attached hydrogens (tertiary/aromatic N) is 2. The Hall–Kier alpha value is -5.16. The van der Waals surface area contributed by atoms with E-state index in [2.05, 4.69) is 197 Å². The van der Waals surface area contributed by atoms with Crippen LogP contribution in [0, 0.1) is 6.92 Å². The van der Waals surface area contributed by atoms with E-state index < -0.39 is 0 Å². The third kappa shape index (κ3) is 5.80. The molecule has 0 saturated heterocycles. The monoisotopic (exact) mass is 738 g/mol. The molecule has 0 aliphatic carbocycles. The van der Waals surface area contributed by atoms with Crippen molar-refractivity contribution in [2.45, 2.75) is 112 Å². The van der Waals surface area contributed by atoms with Gasteiger partial charge in [-0.1, -0.05) is 107 Å². The van der Waals surface area contributed by atoms with Gasteiger partial charge in [0.25, 0.3) is 6.71 Å². The lowest BCUT2D eigenvalue weighted by Crippen LogP contribution is -2.61. The van der Waals surface area contributed by atoms with E-state index in [-0.39, 0.29) is 28.4 Å². The normalized spacial score (nSPS) is 14.4. The molecule has 0 atom stereocenters. The maximum Gasteiger partial charge on any atom is 0.252 e. The van der Waals surface area contributed by atoms with Gasteiger partial charge in [-0.2, -0.15) is 0 Å². The summed E-state index contributed by atoms with van der Waals surface area (Å²) in [6.07, 6.45) is 0. The first-order valence-electron chi connectivity index (χ1n) is 20.3. The Kier molecular flexibility index (Phi) is 7.77. The number of benzene rings is 5. The molecule has 2 aliphatic heterocycles. The molecule has 5 aromatic carbocycles. The summed E-state index contributed by atoms with van der Waals surface area (Å²) in [4.78, 5) is 5.02. The quantitative estimate of drug-likeness (QED) is 0.165. The Morgan fingerprint density at radius 2 is 0.946 bits per heavy atom. The molecule has 4 nitrogen and oxygen atoms in total. The summed E-state index contributed by atoms with van der Waals surface area (Å²) in [5.41, 5.74) is 16.5. The van der Waals surface area contributed by atoms with Crippen LogP contribution in [0.2, 0.25) is 0 Å². The van der Waals surface area contributed by atoms with E-state index in [1.165, 1.54) is 55.8 Å². The van der Waals surface area contributed by atoms with Crippen molar-refractivity contribution in [2.75, 3.05) is 9.80 Å². The molecule has 2 aliphatic rings. The van der Waals surface area contributed by atoms with Gasteiger partial charge in [0.1, 0.15) is 22.7 Å². The van der Waals surface area contributed by atoms with Crippen LogP contribution in [0.15, 0.2) is 106 Å². The van der Waals surface area contributed by atoms with E-state index in [0.717, 1.165) is 44.8 Å². The standard InChI is InChI=1S/C51H55BN2O2/c1-30-22-41-47-42(23-30)54(36-19-21-43-31(24-36)26-45(55-43)50(8,9)10)40-25-32-27-46(51(11,12)13)56-44(32)29-38(40)52(47)37-28-34(49(5,6)7)16-20-39(37)53(41)35-17-14-33(15-18-35)48(2,3)4/h14-29H,1-13H3. The zero-order valence-electron chi connectivity index (χ0n) is 35.5. The van der Waals surface area contributed by atoms with Crippen LogP contribution < -0.4 is 26.2 Å². The molecule has 7 aromatic rings. The number of hydrogen-bond donors (Lipinski definition) is 0. The minimum atomic E-state index is -0.119. The average molecular weight is 739 g/mol. The smallest absolute Gasteiger partial charge is 0.252 e. The molecule has 0 saturated carbocycles. The molecular formula is C51H55BN2O2. The lowest BCUT2D eigenvalue weighted by molar-refractivity contribution is 0.430. The van der Waals surface area contributed by atoms with Crippen molar-refractivity contribution in [3.05, 3.63) is 125 Å². The first kappa shape index (κ1) is 36.5. The molecule has 0 amide bonds. The van der Waals surface area contributed by atoms with Crippen LogP contribution in [0.1, 0.15) is 111 Å². The van der Waals surface area contributed by atoms with Crippen LogP contribution in [0.5, 0.6) is 0 Å². The first-order valence-corrected chi connectivity index (χ1v) is 20.3. The molecule has 0 fully saturated rings. The highest BCUT2D eigenvalue weighted by atomic mass is 16.3. The van der Waals surface area contributed by atoms with E-state index in [1.54, 1.807) is 0 Å². The van der Waals surface area contributed by atoms with Crippen molar-refractivity contribution >= 4 is 79.2 Å². The van der Waals surface area contributed by atoms with Crippen LogP contribution in [-0.4, -0.2) is 6.71 Å². The molecule has 0 radical (unpaired) electrons. The van der Waals surface area contributed by atoms with Crippen molar-refractivity contribution in [3.8, 4) is 0 Å². The SMILES string of the molecule is Cc1cc2c3c(c1)N(c1ccc4oc(C(C)(C)C)cc4c1)c1cc4cc(C(C)(C)C)oc4cc1B3c1cc(C(C)(C)C)ccc1N2c1ccc(C(C)(C)C)cc1. The fourth-order valence-electron chi connectivity index (χ4n) is 8.71. The number of furan rings is 2. The van der Waals surface area contributed by atoms with Gasteiger partial charge in [-0.05, 0) is 124 Å². The van der Waals surface area contributed by atoms with Gasteiger partial charge in [-0.25, -0.2) is 0 Å². The fourth-order valence-corrected chi connectivity index (χ4v) is 8.71. The second-order valence-corrected chi connectivity index (χ2v) is 20.5. The highest BCUT2D eigenvalue weighted by Gasteiger charge is 2.44. The summed E-state index contributed by atoms with van der Waals surface area (Å²) >= 11 is 0. The Labute approximate surface area is 333 Å². The summed E-state index contributed by atoms with van der Waals surface area (Å²) in [5, 5.41) is 2.23. The highest BCUT2D eigenvalue weighted by Crippen LogP contribution is 2.47. The molecule has 5 heteroatoms. The van der Waals surface area contributed by atoms with Crippen LogP contribution >= 0.6 is 0 Å². The molecule has 0 bridgehead atoms. The molecule has 2 aromatic heterocycles. The minimum Gasteiger partial charge on any atom is -0.461 e. The number of hydrogen-bond acceptors (Lipinski definition) is 4. The van der Waals surface area contributed by atoms with Crippen molar-refractivity contribution in [1.29, 1.82) is 0 Å². The van der Waals surface area contributed by atoms with Crippen LogP contribution in [-0.2, 0) is 21.7 Å². The van der Waals surface area contributed by atoms with Gasteiger partial charge in [0.05, 0.1) is 0 Å². The van der Waals surface area contributed by atoms with Crippen molar-refractivity contribution in [2.24, 2.45) is 0 Å². The largest absolute Gasteiger partial charge is 0.461 e. The van der Waals surface area contributed by atoms with Crippen LogP contribution in [0.3, 0.4) is 0 Å². The van der Waals surface area contributed by atoms with E-state index in [9.17, 15) is 0 Å². The van der Waals surface area contributed by atoms with Gasteiger partial charge in [0.15, 0.2) is 0 Å². The van der Waals surface area contributed by atoms with Gasteiger partial charge in [0, 0.05) is 55.7 Å². The highest BCUT2D eigenvalue weighted by molar-refractivity contribution is 7.00. The number of fused-ring (bicyclic) bond motifs is 6. The summed E-state index contributed by atoms with van der Waals surface area (Å²) in [6, 6.07) is 37.1. The second kappa shape index (κ2) is 11.9. The minimum absolute atomic E-state index is 0.00742. The Bertz CT molecular complexity index is 2700. The number of aryl methyl sites for hydroxylation is 1. The molecule has 0 unspecified atom stereocenters. The van der Waals surface area contributed by atoms with Crippen LogP contribution in [0.4, 0.5) is 34.1 Å². The van der Waals surface area contributed by atoms with Gasteiger partial charge in [-0.3, -0.25) is 0 Å². The third-order valence-electron chi connectivity index (χ3n) is 11.9. The van der Waals surface area contributed by atoms with E-state index in [0.29, 0.717) is 0 Å². The molecule has 9 rings (SSSR count). The Morgan fingerprint density at radius 3 is 1.54 bits per heavy atom. The van der Waals surface area contributed by atoms with Crippen molar-refractivity contribution < 1.29 is 8.83 Å². The first-order chi connectivity index (χ1) is 26.2. The maximum absolute atomic E-state index is 6.73. The van der Waals surface area contributed by atoms with E-state index >= 15 is 0 Å². The van der Waals surface area contributed by atoms with Gasteiger partial charge >= 0.3 is 0 Å². The summed E-state index contributed by atoms with van der Waals surface area (Å²) in [5.74, 6) is 1.99. The van der Waals surface area contributed by atoms with Crippen molar-refractivity contribution in [1.82, 2.24) is 0 Å². The maximum atomic E-state index is 6.73. The summed E-state index contributed by atoms with van der Waals surface area (Å²) in [7, 11) is 0. The molecule has 4 heterocycles. The second-order valence-electron chi connectivity index (χ2n) is 20.5. The summed E-state index contributed by atoms with van der Waals surface area (Å²) in [6.45, 7) is 29.3. The average Bonchev–Trinajstić information content (AvgIpc) is 3.74. The zero-order chi connectivity index (χ0) is 39.9. The number of rotatable bonds is 2. The molecular weight excluding hydrogens is 683 g/mol. The van der Waals surface area contributed by atoms with E-state index in [1.807, 2.05) is 0 Å². The van der Waals surface area contributed by atoms with E-state index in [4.69, 9.17) is 8.83 Å². The fraction of sp³-hybridized carbons (Fsp3) is 0.333. The third-order valence-corrected chi connectivity index (χ3v) is 11.9.